The minimum absolute atomic E-state index is 0.245. The van der Waals surface area contributed by atoms with E-state index in [4.69, 9.17) is 10.00 Å². The summed E-state index contributed by atoms with van der Waals surface area (Å²) in [5, 5.41) is 8.91. The first-order valence-corrected chi connectivity index (χ1v) is 6.55. The highest BCUT2D eigenvalue weighted by atomic mass is 19.4. The maximum atomic E-state index is 12.8. The Balaban J connectivity index is 2.05. The third kappa shape index (κ3) is 2.69. The minimum Gasteiger partial charge on any atom is -0.422 e. The molecule has 0 spiro atoms. The molecule has 0 saturated carbocycles. The molecule has 0 N–H and O–H groups in total. The topological polar surface area (TPSA) is 50.1 Å². The monoisotopic (exact) mass is 315 g/mol. The molecule has 0 aromatic heterocycles. The van der Waals surface area contributed by atoms with Crippen LogP contribution in [0.1, 0.15) is 32.6 Å². The van der Waals surface area contributed by atoms with Crippen LogP contribution < -0.4 is 0 Å². The predicted molar refractivity (Wildman–Crippen MR) is 75.9 cm³/mol. The average Bonchev–Trinajstić information content (AvgIpc) is 2.83. The molecule has 1 aliphatic rings. The summed E-state index contributed by atoms with van der Waals surface area (Å²) < 4.78 is 43.5. The standard InChI is InChI=1S/C17H8F3NO2/c18-17(19,20)14-6-5-10(7-11(14)9-21)8-15-12-3-1-2-4-13(12)16(22)23-15/h1-8H. The van der Waals surface area contributed by atoms with Crippen LogP contribution in [0.4, 0.5) is 13.2 Å². The Morgan fingerprint density at radius 3 is 2.43 bits per heavy atom. The van der Waals surface area contributed by atoms with Crippen molar-refractivity contribution in [3.63, 3.8) is 0 Å². The first kappa shape index (κ1) is 14.9. The summed E-state index contributed by atoms with van der Waals surface area (Å²) >= 11 is 0. The van der Waals surface area contributed by atoms with Crippen LogP contribution >= 0.6 is 0 Å². The van der Waals surface area contributed by atoms with E-state index in [1.165, 1.54) is 18.2 Å². The zero-order valence-electron chi connectivity index (χ0n) is 11.5. The van der Waals surface area contributed by atoms with Crippen molar-refractivity contribution in [3.8, 4) is 6.07 Å². The van der Waals surface area contributed by atoms with Crippen molar-refractivity contribution in [1.82, 2.24) is 0 Å². The van der Waals surface area contributed by atoms with Gasteiger partial charge >= 0.3 is 12.1 Å². The Morgan fingerprint density at radius 1 is 1.09 bits per heavy atom. The lowest BCUT2D eigenvalue weighted by molar-refractivity contribution is -0.137. The Hall–Kier alpha value is -3.07. The maximum Gasteiger partial charge on any atom is 0.417 e. The predicted octanol–water partition coefficient (Wildman–Crippen LogP) is 4.25. The number of cyclic esters (lactones) is 1. The van der Waals surface area contributed by atoms with Gasteiger partial charge in [-0.15, -0.1) is 0 Å². The molecule has 0 atom stereocenters. The van der Waals surface area contributed by atoms with Gasteiger partial charge in [-0.2, -0.15) is 18.4 Å². The van der Waals surface area contributed by atoms with Crippen LogP contribution in [0.25, 0.3) is 11.8 Å². The average molecular weight is 315 g/mol. The summed E-state index contributed by atoms with van der Waals surface area (Å²) in [4.78, 5) is 11.7. The summed E-state index contributed by atoms with van der Waals surface area (Å²) in [6.45, 7) is 0. The highest BCUT2D eigenvalue weighted by molar-refractivity contribution is 6.05. The van der Waals surface area contributed by atoms with Crippen LogP contribution in [0.2, 0.25) is 0 Å². The lowest BCUT2D eigenvalue weighted by Gasteiger charge is -2.09. The molecule has 3 rings (SSSR count). The first-order valence-electron chi connectivity index (χ1n) is 6.55. The van der Waals surface area contributed by atoms with E-state index in [0.717, 1.165) is 12.1 Å². The second-order valence-electron chi connectivity index (χ2n) is 4.86. The molecule has 0 saturated heterocycles. The molecule has 3 nitrogen and oxygen atoms in total. The molecule has 2 aromatic rings. The highest BCUT2D eigenvalue weighted by Gasteiger charge is 2.33. The van der Waals surface area contributed by atoms with E-state index in [9.17, 15) is 18.0 Å². The van der Waals surface area contributed by atoms with Crippen molar-refractivity contribution in [2.45, 2.75) is 6.18 Å². The molecule has 114 valence electrons. The van der Waals surface area contributed by atoms with Crippen molar-refractivity contribution in [1.29, 1.82) is 5.26 Å². The summed E-state index contributed by atoms with van der Waals surface area (Å²) in [5.74, 6) is -0.270. The van der Waals surface area contributed by atoms with Gasteiger partial charge in [0.25, 0.3) is 0 Å². The Morgan fingerprint density at radius 2 is 1.78 bits per heavy atom. The van der Waals surface area contributed by atoms with Crippen LogP contribution in [0.3, 0.4) is 0 Å². The van der Waals surface area contributed by atoms with E-state index in [-0.39, 0.29) is 5.76 Å². The van der Waals surface area contributed by atoms with Gasteiger partial charge in [-0.1, -0.05) is 24.3 Å². The number of nitrogens with zero attached hydrogens (tertiary/aromatic N) is 1. The SMILES string of the molecule is N#Cc1cc(C=C2OC(=O)c3ccccc32)ccc1C(F)(F)F. The van der Waals surface area contributed by atoms with Gasteiger partial charge in [-0.3, -0.25) is 0 Å². The number of fused-ring (bicyclic) bond motifs is 1. The van der Waals surface area contributed by atoms with Gasteiger partial charge in [0, 0.05) is 5.56 Å². The van der Waals surface area contributed by atoms with Gasteiger partial charge in [0.05, 0.1) is 22.8 Å². The van der Waals surface area contributed by atoms with Crippen LogP contribution in [-0.4, -0.2) is 5.97 Å². The normalized spacial score (nSPS) is 15.2. The lowest BCUT2D eigenvalue weighted by Crippen LogP contribution is -2.07. The zero-order chi connectivity index (χ0) is 16.6. The fourth-order valence-corrected chi connectivity index (χ4v) is 2.34. The van der Waals surface area contributed by atoms with Gasteiger partial charge in [0.1, 0.15) is 5.76 Å². The van der Waals surface area contributed by atoms with Gasteiger partial charge in [0.15, 0.2) is 0 Å². The minimum atomic E-state index is -4.59. The molecule has 23 heavy (non-hydrogen) atoms. The number of rotatable bonds is 1. The number of esters is 1. The summed E-state index contributed by atoms with van der Waals surface area (Å²) in [7, 11) is 0. The smallest absolute Gasteiger partial charge is 0.417 e. The highest BCUT2D eigenvalue weighted by Crippen LogP contribution is 2.34. The van der Waals surface area contributed by atoms with Crippen molar-refractivity contribution >= 4 is 17.8 Å². The second kappa shape index (κ2) is 5.29. The van der Waals surface area contributed by atoms with Gasteiger partial charge < -0.3 is 4.74 Å². The number of carbonyl (C=O) groups excluding carboxylic acids is 1. The van der Waals surface area contributed by atoms with E-state index in [1.807, 2.05) is 0 Å². The molecule has 0 amide bonds. The summed E-state index contributed by atoms with van der Waals surface area (Å²) in [5.41, 5.74) is -0.174. The Labute approximate surface area is 129 Å². The largest absolute Gasteiger partial charge is 0.422 e. The molecular weight excluding hydrogens is 307 g/mol. The first-order chi connectivity index (χ1) is 10.9. The van der Waals surface area contributed by atoms with E-state index >= 15 is 0 Å². The number of benzene rings is 2. The van der Waals surface area contributed by atoms with Crippen LogP contribution in [0, 0.1) is 11.3 Å². The van der Waals surface area contributed by atoms with E-state index in [1.54, 1.807) is 24.3 Å². The number of hydrogen-bond acceptors (Lipinski definition) is 3. The summed E-state index contributed by atoms with van der Waals surface area (Å²) in [6, 6.07) is 11.4. The quantitative estimate of drug-likeness (QED) is 0.739. The van der Waals surface area contributed by atoms with Gasteiger partial charge in [-0.05, 0) is 29.8 Å². The molecule has 0 fully saturated rings. The molecule has 0 aliphatic carbocycles. The van der Waals surface area contributed by atoms with Crippen molar-refractivity contribution in [2.24, 2.45) is 0 Å². The Kier molecular flexibility index (Phi) is 3.41. The van der Waals surface area contributed by atoms with Crippen molar-refractivity contribution < 1.29 is 22.7 Å². The number of ether oxygens (including phenoxy) is 1. The molecule has 1 heterocycles. The second-order valence-corrected chi connectivity index (χ2v) is 4.86. The van der Waals surface area contributed by atoms with Crippen LogP contribution in [-0.2, 0) is 10.9 Å². The van der Waals surface area contributed by atoms with Crippen molar-refractivity contribution in [2.75, 3.05) is 0 Å². The van der Waals surface area contributed by atoms with E-state index < -0.39 is 23.3 Å². The zero-order valence-corrected chi connectivity index (χ0v) is 11.5. The van der Waals surface area contributed by atoms with Crippen LogP contribution in [0.15, 0.2) is 42.5 Å². The molecule has 0 bridgehead atoms. The number of halogens is 3. The van der Waals surface area contributed by atoms with E-state index in [0.29, 0.717) is 16.7 Å². The van der Waals surface area contributed by atoms with Gasteiger partial charge in [0.2, 0.25) is 0 Å². The number of alkyl halides is 3. The molecular formula is C17H8F3NO2. The maximum absolute atomic E-state index is 12.8. The van der Waals surface area contributed by atoms with Crippen LogP contribution in [0.5, 0.6) is 0 Å². The third-order valence-electron chi connectivity index (χ3n) is 3.38. The molecule has 1 aliphatic heterocycles. The number of nitriles is 1. The Bertz CT molecular complexity index is 876. The molecule has 2 aromatic carbocycles. The van der Waals surface area contributed by atoms with Gasteiger partial charge in [-0.25, -0.2) is 4.79 Å². The molecule has 6 heteroatoms. The fourth-order valence-electron chi connectivity index (χ4n) is 2.34. The lowest BCUT2D eigenvalue weighted by atomic mass is 10.0. The number of carbonyl (C=O) groups is 1. The van der Waals surface area contributed by atoms with E-state index in [2.05, 4.69) is 0 Å². The number of hydrogen-bond donors (Lipinski definition) is 0. The molecule has 0 unspecified atom stereocenters. The third-order valence-corrected chi connectivity index (χ3v) is 3.38. The summed E-state index contributed by atoms with van der Waals surface area (Å²) in [6.07, 6.45) is -3.16. The van der Waals surface area contributed by atoms with Crippen molar-refractivity contribution in [3.05, 3.63) is 70.3 Å². The fraction of sp³-hybridized carbons (Fsp3) is 0.0588. The molecule has 0 radical (unpaired) electrons.